The fraction of sp³-hybridized carbons (Fsp3) is 0.333. The molecular weight excluding hydrogens is 294 g/mol. The number of amides is 1. The molecule has 0 aliphatic heterocycles. The topological polar surface area (TPSA) is 68.5 Å². The minimum Gasteiger partial charge on any atom is -0.469 e. The maximum absolute atomic E-state index is 11.9. The van der Waals surface area contributed by atoms with Gasteiger partial charge in [-0.05, 0) is 19.1 Å². The summed E-state index contributed by atoms with van der Waals surface area (Å²) in [7, 11) is 1.33. The third-order valence-electron chi connectivity index (χ3n) is 3.43. The lowest BCUT2D eigenvalue weighted by molar-refractivity contribution is -0.141. The average Bonchev–Trinajstić information content (AvgIpc) is 3.02. The Kier molecular flexibility index (Phi) is 5.97. The van der Waals surface area contributed by atoms with Gasteiger partial charge < -0.3 is 14.5 Å². The summed E-state index contributed by atoms with van der Waals surface area (Å²) in [6, 6.07) is 13.4. The van der Waals surface area contributed by atoms with E-state index in [0.29, 0.717) is 12.8 Å². The minimum atomic E-state index is -0.337. The van der Waals surface area contributed by atoms with Crippen LogP contribution in [0.4, 0.5) is 0 Å². The summed E-state index contributed by atoms with van der Waals surface area (Å²) < 4.78 is 10.3. The molecule has 5 nitrogen and oxygen atoms in total. The summed E-state index contributed by atoms with van der Waals surface area (Å²) in [4.78, 5) is 23.0. The smallest absolute Gasteiger partial charge is 0.307 e. The second-order valence-corrected chi connectivity index (χ2v) is 5.38. The van der Waals surface area contributed by atoms with Crippen LogP contribution in [0.1, 0.15) is 25.5 Å². The molecule has 1 amide bonds. The molecule has 1 unspecified atom stereocenters. The van der Waals surface area contributed by atoms with Crippen molar-refractivity contribution in [3.63, 3.8) is 0 Å². The number of benzene rings is 1. The van der Waals surface area contributed by atoms with Gasteiger partial charge in [0.2, 0.25) is 5.91 Å². The molecule has 0 spiro atoms. The van der Waals surface area contributed by atoms with E-state index in [0.717, 1.165) is 17.1 Å². The highest BCUT2D eigenvalue weighted by molar-refractivity contribution is 5.77. The van der Waals surface area contributed by atoms with Crippen molar-refractivity contribution in [1.82, 2.24) is 5.32 Å². The Morgan fingerprint density at radius 2 is 1.91 bits per heavy atom. The Hall–Kier alpha value is -2.56. The number of carbonyl (C=O) groups excluding carboxylic acids is 2. The van der Waals surface area contributed by atoms with Gasteiger partial charge in [-0.1, -0.05) is 30.3 Å². The van der Waals surface area contributed by atoms with Crippen LogP contribution in [0.15, 0.2) is 46.9 Å². The Balaban J connectivity index is 1.81. The molecule has 5 heteroatoms. The molecule has 1 aromatic carbocycles. The number of aryl methyl sites for hydroxylation is 1. The average molecular weight is 315 g/mol. The predicted octanol–water partition coefficient (Wildman–Crippen LogP) is 2.95. The standard InChI is InChI=1S/C18H21NO4/c1-13(12-18(21)22-2)19-17(20)11-9-15-8-10-16(23-15)14-6-4-3-5-7-14/h3-8,10,13H,9,11-12H2,1-2H3,(H,19,20). The number of nitrogens with one attached hydrogen (secondary N) is 1. The van der Waals surface area contributed by atoms with E-state index < -0.39 is 0 Å². The Morgan fingerprint density at radius 3 is 2.61 bits per heavy atom. The van der Waals surface area contributed by atoms with E-state index in [2.05, 4.69) is 10.1 Å². The van der Waals surface area contributed by atoms with Crippen molar-refractivity contribution < 1.29 is 18.7 Å². The lowest BCUT2D eigenvalue weighted by atomic mass is 10.2. The van der Waals surface area contributed by atoms with Gasteiger partial charge >= 0.3 is 5.97 Å². The van der Waals surface area contributed by atoms with Crippen LogP contribution in [0.3, 0.4) is 0 Å². The number of methoxy groups -OCH3 is 1. The molecule has 0 aliphatic carbocycles. The predicted molar refractivity (Wildman–Crippen MR) is 86.7 cm³/mol. The van der Waals surface area contributed by atoms with Crippen LogP contribution in [-0.2, 0) is 20.7 Å². The van der Waals surface area contributed by atoms with E-state index in [4.69, 9.17) is 4.42 Å². The third kappa shape index (κ3) is 5.29. The molecular formula is C18H21NO4. The molecule has 0 fully saturated rings. The minimum absolute atomic E-state index is 0.112. The number of esters is 1. The summed E-state index contributed by atoms with van der Waals surface area (Å²) >= 11 is 0. The van der Waals surface area contributed by atoms with Crippen LogP contribution in [-0.4, -0.2) is 25.0 Å². The van der Waals surface area contributed by atoms with Crippen molar-refractivity contribution in [2.45, 2.75) is 32.2 Å². The molecule has 0 aliphatic rings. The summed E-state index contributed by atoms with van der Waals surface area (Å²) in [6.07, 6.45) is 0.998. The molecule has 122 valence electrons. The van der Waals surface area contributed by atoms with Gasteiger partial charge in [0.05, 0.1) is 13.5 Å². The van der Waals surface area contributed by atoms with E-state index in [1.165, 1.54) is 7.11 Å². The van der Waals surface area contributed by atoms with E-state index in [9.17, 15) is 9.59 Å². The van der Waals surface area contributed by atoms with Crippen molar-refractivity contribution in [1.29, 1.82) is 0 Å². The van der Waals surface area contributed by atoms with Gasteiger partial charge in [-0.3, -0.25) is 9.59 Å². The van der Waals surface area contributed by atoms with Gasteiger partial charge in [-0.25, -0.2) is 0 Å². The number of ether oxygens (including phenoxy) is 1. The molecule has 1 atom stereocenters. The Labute approximate surface area is 135 Å². The molecule has 0 saturated heterocycles. The maximum atomic E-state index is 11.9. The van der Waals surface area contributed by atoms with Crippen molar-refractivity contribution in [3.05, 3.63) is 48.2 Å². The molecule has 2 aromatic rings. The van der Waals surface area contributed by atoms with Gasteiger partial charge in [-0.15, -0.1) is 0 Å². The quantitative estimate of drug-likeness (QED) is 0.798. The number of furan rings is 1. The van der Waals surface area contributed by atoms with E-state index in [-0.39, 0.29) is 24.3 Å². The highest BCUT2D eigenvalue weighted by atomic mass is 16.5. The number of carbonyl (C=O) groups is 2. The van der Waals surface area contributed by atoms with Crippen LogP contribution in [0.2, 0.25) is 0 Å². The van der Waals surface area contributed by atoms with Crippen molar-refractivity contribution >= 4 is 11.9 Å². The van der Waals surface area contributed by atoms with Gasteiger partial charge in [0.1, 0.15) is 11.5 Å². The number of hydrogen-bond donors (Lipinski definition) is 1. The largest absolute Gasteiger partial charge is 0.469 e. The zero-order chi connectivity index (χ0) is 16.7. The van der Waals surface area contributed by atoms with Crippen LogP contribution >= 0.6 is 0 Å². The normalized spacial score (nSPS) is 11.7. The molecule has 0 radical (unpaired) electrons. The number of hydrogen-bond acceptors (Lipinski definition) is 4. The van der Waals surface area contributed by atoms with Crippen LogP contribution in [0, 0.1) is 0 Å². The molecule has 23 heavy (non-hydrogen) atoms. The van der Waals surface area contributed by atoms with Crippen molar-refractivity contribution in [2.24, 2.45) is 0 Å². The first-order valence-electron chi connectivity index (χ1n) is 7.59. The molecule has 0 bridgehead atoms. The van der Waals surface area contributed by atoms with Crippen molar-refractivity contribution in [2.75, 3.05) is 7.11 Å². The lowest BCUT2D eigenvalue weighted by Crippen LogP contribution is -2.34. The first kappa shape index (κ1) is 16.8. The number of rotatable bonds is 7. The van der Waals surface area contributed by atoms with E-state index >= 15 is 0 Å². The first-order valence-corrected chi connectivity index (χ1v) is 7.59. The zero-order valence-corrected chi connectivity index (χ0v) is 13.4. The highest BCUT2D eigenvalue weighted by Crippen LogP contribution is 2.22. The molecule has 2 rings (SSSR count). The summed E-state index contributed by atoms with van der Waals surface area (Å²) in [6.45, 7) is 1.77. The first-order chi connectivity index (χ1) is 11.1. The Bertz CT molecular complexity index is 648. The third-order valence-corrected chi connectivity index (χ3v) is 3.43. The van der Waals surface area contributed by atoms with Gasteiger partial charge in [-0.2, -0.15) is 0 Å². The molecule has 1 N–H and O–H groups in total. The van der Waals surface area contributed by atoms with Crippen LogP contribution in [0.25, 0.3) is 11.3 Å². The van der Waals surface area contributed by atoms with Crippen molar-refractivity contribution in [3.8, 4) is 11.3 Å². The maximum Gasteiger partial charge on any atom is 0.307 e. The SMILES string of the molecule is COC(=O)CC(C)NC(=O)CCc1ccc(-c2ccccc2)o1. The highest BCUT2D eigenvalue weighted by Gasteiger charge is 2.13. The molecule has 0 saturated carbocycles. The molecule has 1 heterocycles. The van der Waals surface area contributed by atoms with Gasteiger partial charge in [0, 0.05) is 24.4 Å². The summed E-state index contributed by atoms with van der Waals surface area (Å²) in [5, 5.41) is 2.77. The molecule has 1 aromatic heterocycles. The monoisotopic (exact) mass is 315 g/mol. The zero-order valence-electron chi connectivity index (χ0n) is 13.4. The van der Waals surface area contributed by atoms with Gasteiger partial charge in [0.15, 0.2) is 0 Å². The Morgan fingerprint density at radius 1 is 1.17 bits per heavy atom. The lowest BCUT2D eigenvalue weighted by Gasteiger charge is -2.12. The second-order valence-electron chi connectivity index (χ2n) is 5.38. The van der Waals surface area contributed by atoms with Crippen LogP contribution < -0.4 is 5.32 Å². The summed E-state index contributed by atoms with van der Waals surface area (Å²) in [5.74, 6) is 1.11. The van der Waals surface area contributed by atoms with Crippen LogP contribution in [0.5, 0.6) is 0 Å². The van der Waals surface area contributed by atoms with Gasteiger partial charge in [0.25, 0.3) is 0 Å². The fourth-order valence-corrected chi connectivity index (χ4v) is 2.24. The van der Waals surface area contributed by atoms with E-state index in [1.54, 1.807) is 6.92 Å². The van der Waals surface area contributed by atoms with E-state index in [1.807, 2.05) is 42.5 Å². The second kappa shape index (κ2) is 8.17. The fourth-order valence-electron chi connectivity index (χ4n) is 2.24. The summed E-state index contributed by atoms with van der Waals surface area (Å²) in [5.41, 5.74) is 1.01.